The van der Waals surface area contributed by atoms with Gasteiger partial charge in [-0.05, 0) is 12.1 Å². The molecule has 0 aliphatic heterocycles. The van der Waals surface area contributed by atoms with Gasteiger partial charge in [0.1, 0.15) is 0 Å². The average Bonchev–Trinajstić information content (AvgIpc) is 2.50. The van der Waals surface area contributed by atoms with Crippen LogP contribution in [0.1, 0.15) is 0 Å². The molecule has 0 saturated heterocycles. The molecule has 1 aromatic carbocycles. The zero-order valence-electron chi connectivity index (χ0n) is 6.69. The summed E-state index contributed by atoms with van der Waals surface area (Å²) >= 11 is 0. The third kappa shape index (κ3) is 2.64. The summed E-state index contributed by atoms with van der Waals surface area (Å²) in [6.07, 6.45) is 1.67. The fourth-order valence-corrected chi connectivity index (χ4v) is 1.19. The summed E-state index contributed by atoms with van der Waals surface area (Å²) < 4.78 is 4.75. The number of H-pyrrole nitrogens is 1. The minimum atomic E-state index is 0. The molecule has 72 valence electrons. The van der Waals surface area contributed by atoms with Gasteiger partial charge in [0.05, 0.1) is 0 Å². The van der Waals surface area contributed by atoms with Crippen LogP contribution in [0, 0.1) is 0 Å². The van der Waals surface area contributed by atoms with Crippen LogP contribution in [0.2, 0.25) is 0 Å². The number of halogens is 1. The van der Waals surface area contributed by atoms with E-state index in [1.54, 1.807) is 6.20 Å². The number of aromatic nitrogens is 1. The van der Waals surface area contributed by atoms with E-state index in [-0.39, 0.29) is 50.1 Å². The summed E-state index contributed by atoms with van der Waals surface area (Å²) in [6, 6.07) is 7.63. The van der Waals surface area contributed by atoms with Gasteiger partial charge in [-0.3, -0.25) is 4.79 Å². The second kappa shape index (κ2) is 6.30. The fourth-order valence-electron chi connectivity index (χ4n) is 1.19. The van der Waals surface area contributed by atoms with E-state index in [0.717, 1.165) is 10.9 Å². The van der Waals surface area contributed by atoms with Crippen LogP contribution in [-0.2, 0) is 4.79 Å². The number of carbonyl (C=O) groups excluding carboxylic acids is 1. The van der Waals surface area contributed by atoms with Crippen molar-refractivity contribution in [1.82, 2.24) is 4.98 Å². The number of fused-ring (bicyclic) bond motifs is 1. The van der Waals surface area contributed by atoms with Gasteiger partial charge in [0, 0.05) is 17.1 Å². The second-order valence-corrected chi connectivity index (χ2v) is 2.41. The minimum absolute atomic E-state index is 0. The molecule has 0 atom stereocenters. The van der Waals surface area contributed by atoms with Gasteiger partial charge in [0.2, 0.25) is 0 Å². The first-order valence-electron chi connectivity index (χ1n) is 3.58. The molecule has 5 heteroatoms. The van der Waals surface area contributed by atoms with Crippen LogP contribution in [0.5, 0.6) is 5.75 Å². The number of hydrogen-bond acceptors (Lipinski definition) is 2. The van der Waals surface area contributed by atoms with Gasteiger partial charge in [0.15, 0.2) is 5.75 Å². The van der Waals surface area contributed by atoms with Crippen molar-refractivity contribution in [1.29, 1.82) is 0 Å². The van der Waals surface area contributed by atoms with E-state index in [9.17, 15) is 4.79 Å². The van der Waals surface area contributed by atoms with Crippen LogP contribution in [0.3, 0.4) is 0 Å². The van der Waals surface area contributed by atoms with Crippen LogP contribution in [0.25, 0.3) is 10.9 Å². The Morgan fingerprint density at radius 1 is 1.29 bits per heavy atom. The first kappa shape index (κ1) is 13.8. The van der Waals surface area contributed by atoms with Crippen molar-refractivity contribution < 1.29 is 9.53 Å². The first-order chi connectivity index (χ1) is 5.92. The van der Waals surface area contributed by atoms with E-state index in [1.807, 2.05) is 24.3 Å². The Balaban J connectivity index is 0.000000845. The molecule has 0 fully saturated rings. The van der Waals surface area contributed by atoms with Crippen molar-refractivity contribution in [3.8, 4) is 5.75 Å². The monoisotopic (exact) mass is 239 g/mol. The Hall–Kier alpha value is -0.220. The molecule has 1 aromatic heterocycles. The number of aromatic amines is 1. The Morgan fingerprint density at radius 3 is 2.71 bits per heavy atom. The Morgan fingerprint density at radius 2 is 2.00 bits per heavy atom. The van der Waals surface area contributed by atoms with Gasteiger partial charge in [-0.2, -0.15) is 0 Å². The fraction of sp³-hybridized carbons (Fsp3) is 0. The van der Waals surface area contributed by atoms with Crippen LogP contribution in [0.15, 0.2) is 30.5 Å². The molecular formula is C9H10CaClNO2. The van der Waals surface area contributed by atoms with Crippen molar-refractivity contribution in [3.63, 3.8) is 0 Å². The Kier molecular flexibility index (Phi) is 6.20. The van der Waals surface area contributed by atoms with E-state index in [0.29, 0.717) is 12.2 Å². The second-order valence-electron chi connectivity index (χ2n) is 2.41. The van der Waals surface area contributed by atoms with Crippen LogP contribution in [-0.4, -0.2) is 49.2 Å². The number of nitrogens with one attached hydrogen (secondary N) is 1. The van der Waals surface area contributed by atoms with E-state index < -0.39 is 0 Å². The molecule has 2 rings (SSSR count). The van der Waals surface area contributed by atoms with Crippen molar-refractivity contribution in [2.75, 3.05) is 0 Å². The van der Waals surface area contributed by atoms with Crippen LogP contribution >= 0.6 is 12.4 Å². The predicted molar refractivity (Wildman–Crippen MR) is 60.8 cm³/mol. The normalized spacial score (nSPS) is 8.57. The molecule has 0 aliphatic carbocycles. The number of benzene rings is 1. The summed E-state index contributed by atoms with van der Waals surface area (Å²) in [5.41, 5.74) is 0.967. The standard InChI is InChI=1S/C9H7NO2.Ca.ClH.2H/c11-6-12-9-5-10-8-4-2-1-3-7(8)9;;;;/h1-6,10H;;1H;;. The molecule has 0 amide bonds. The molecular weight excluding hydrogens is 230 g/mol. The Bertz CT molecular complexity index is 416. The SMILES string of the molecule is Cl.O=COc1c[nH]c2ccccc12.[CaH2]. The molecule has 0 unspecified atom stereocenters. The zero-order valence-corrected chi connectivity index (χ0v) is 7.51. The summed E-state index contributed by atoms with van der Waals surface area (Å²) in [4.78, 5) is 13.1. The zero-order chi connectivity index (χ0) is 8.39. The van der Waals surface area contributed by atoms with Gasteiger partial charge in [-0.25, -0.2) is 0 Å². The maximum atomic E-state index is 10.1. The van der Waals surface area contributed by atoms with Gasteiger partial charge in [-0.15, -0.1) is 12.4 Å². The van der Waals surface area contributed by atoms with Crippen molar-refractivity contribution in [2.24, 2.45) is 0 Å². The number of para-hydroxylation sites is 1. The van der Waals surface area contributed by atoms with Crippen LogP contribution in [0.4, 0.5) is 0 Å². The molecule has 0 bridgehead atoms. The summed E-state index contributed by atoms with van der Waals surface area (Å²) in [5.74, 6) is 0.570. The molecule has 1 N–H and O–H groups in total. The quantitative estimate of drug-likeness (QED) is 0.632. The number of ether oxygens (including phenoxy) is 1. The van der Waals surface area contributed by atoms with Gasteiger partial charge < -0.3 is 9.72 Å². The third-order valence-corrected chi connectivity index (χ3v) is 1.73. The molecule has 1 heterocycles. The molecule has 0 saturated carbocycles. The van der Waals surface area contributed by atoms with Crippen molar-refractivity contribution >= 4 is 67.5 Å². The van der Waals surface area contributed by atoms with Gasteiger partial charge in [-0.1, -0.05) is 12.1 Å². The molecule has 14 heavy (non-hydrogen) atoms. The molecule has 2 aromatic rings. The summed E-state index contributed by atoms with van der Waals surface area (Å²) in [7, 11) is 0. The van der Waals surface area contributed by atoms with Crippen LogP contribution < -0.4 is 4.74 Å². The number of rotatable bonds is 2. The maximum absolute atomic E-state index is 10.1. The summed E-state index contributed by atoms with van der Waals surface area (Å²) in [5, 5.41) is 0.921. The number of carbonyl (C=O) groups is 1. The molecule has 3 nitrogen and oxygen atoms in total. The molecule has 0 radical (unpaired) electrons. The Labute approximate surface area is 117 Å². The van der Waals surface area contributed by atoms with E-state index in [4.69, 9.17) is 4.74 Å². The van der Waals surface area contributed by atoms with Crippen molar-refractivity contribution in [3.05, 3.63) is 30.5 Å². The van der Waals surface area contributed by atoms with E-state index >= 15 is 0 Å². The molecule has 0 aliphatic rings. The van der Waals surface area contributed by atoms with Gasteiger partial charge >= 0.3 is 37.7 Å². The predicted octanol–water partition coefficient (Wildman–Crippen LogP) is 1.21. The van der Waals surface area contributed by atoms with Gasteiger partial charge in [0.25, 0.3) is 6.47 Å². The van der Waals surface area contributed by atoms with E-state index in [2.05, 4.69) is 4.98 Å². The summed E-state index contributed by atoms with van der Waals surface area (Å²) in [6.45, 7) is 0.426. The molecule has 0 spiro atoms. The average molecular weight is 240 g/mol. The number of hydrogen-bond donors (Lipinski definition) is 1. The van der Waals surface area contributed by atoms with E-state index in [1.165, 1.54) is 0 Å². The third-order valence-electron chi connectivity index (χ3n) is 1.73. The van der Waals surface area contributed by atoms with Crippen molar-refractivity contribution in [2.45, 2.75) is 0 Å². The topological polar surface area (TPSA) is 42.1 Å². The first-order valence-corrected chi connectivity index (χ1v) is 3.58.